The molecule has 0 aliphatic carbocycles. The van der Waals surface area contributed by atoms with Gasteiger partial charge in [0.2, 0.25) is 6.29 Å². The zero-order valence-electron chi connectivity index (χ0n) is 17.9. The van der Waals surface area contributed by atoms with Gasteiger partial charge < -0.3 is 18.9 Å². The smallest absolute Gasteiger partial charge is 0.340 e. The number of alkyl halides is 1. The van der Waals surface area contributed by atoms with Crippen LogP contribution in [0.4, 0.5) is 0 Å². The van der Waals surface area contributed by atoms with Gasteiger partial charge in [-0.3, -0.25) is 0 Å². The molecule has 1 aliphatic heterocycles. The molecule has 4 atom stereocenters. The minimum absolute atomic E-state index is 0.261. The maximum atomic E-state index is 12.6. The average molecular weight is 481 g/mol. The third-order valence-corrected chi connectivity index (χ3v) is 5.58. The Labute approximate surface area is 201 Å². The van der Waals surface area contributed by atoms with E-state index in [1.54, 1.807) is 91.0 Å². The Bertz CT molecular complexity index is 1120. The molecule has 3 aromatic carbocycles. The van der Waals surface area contributed by atoms with Crippen LogP contribution in [-0.4, -0.2) is 48.4 Å². The number of carbonyl (C=O) groups is 3. The highest BCUT2D eigenvalue weighted by Crippen LogP contribution is 2.31. The third kappa shape index (κ3) is 5.62. The van der Waals surface area contributed by atoms with Gasteiger partial charge >= 0.3 is 17.9 Å². The summed E-state index contributed by atoms with van der Waals surface area (Å²) in [6, 6.07) is 25.1. The van der Waals surface area contributed by atoms with Gasteiger partial charge in [0.25, 0.3) is 0 Å². The average Bonchev–Trinajstić information content (AvgIpc) is 3.17. The van der Waals surface area contributed by atoms with Crippen LogP contribution in [0.25, 0.3) is 0 Å². The van der Waals surface area contributed by atoms with Crippen molar-refractivity contribution in [3.8, 4) is 0 Å². The zero-order chi connectivity index (χ0) is 23.9. The number of hydrogen-bond acceptors (Lipinski definition) is 7. The van der Waals surface area contributed by atoms with Crippen LogP contribution >= 0.6 is 11.6 Å². The van der Waals surface area contributed by atoms with Crippen molar-refractivity contribution >= 4 is 29.5 Å². The summed E-state index contributed by atoms with van der Waals surface area (Å²) in [6.07, 6.45) is -3.20. The SMILES string of the molecule is O=C(OC[C@H]1O[C@H](OC(=O)c2ccccc2)[C@@H](Cl)[C@@H]1OC(=O)c1ccccc1)c1ccccc1. The van der Waals surface area contributed by atoms with E-state index in [-0.39, 0.29) is 6.61 Å². The van der Waals surface area contributed by atoms with Gasteiger partial charge in [-0.1, -0.05) is 54.6 Å². The van der Waals surface area contributed by atoms with Gasteiger partial charge in [0, 0.05) is 0 Å². The van der Waals surface area contributed by atoms with Gasteiger partial charge in [-0.25, -0.2) is 14.4 Å². The van der Waals surface area contributed by atoms with E-state index in [1.165, 1.54) is 0 Å². The second-order valence-corrected chi connectivity index (χ2v) is 7.96. The molecule has 0 N–H and O–H groups in total. The van der Waals surface area contributed by atoms with Gasteiger partial charge in [0.05, 0.1) is 16.7 Å². The van der Waals surface area contributed by atoms with Crippen LogP contribution in [0.2, 0.25) is 0 Å². The molecular formula is C26H21ClO7. The lowest BCUT2D eigenvalue weighted by Crippen LogP contribution is -2.37. The predicted molar refractivity (Wildman–Crippen MR) is 123 cm³/mol. The number of halogens is 1. The second kappa shape index (κ2) is 11.0. The lowest BCUT2D eigenvalue weighted by atomic mass is 10.1. The molecule has 0 unspecified atom stereocenters. The Balaban J connectivity index is 1.47. The summed E-state index contributed by atoms with van der Waals surface area (Å²) >= 11 is 6.51. The normalized spacial score (nSPS) is 21.4. The molecular weight excluding hydrogens is 460 g/mol. The van der Waals surface area contributed by atoms with Crippen molar-refractivity contribution in [3.05, 3.63) is 108 Å². The van der Waals surface area contributed by atoms with Gasteiger partial charge in [-0.05, 0) is 36.4 Å². The maximum Gasteiger partial charge on any atom is 0.340 e. The summed E-state index contributed by atoms with van der Waals surface area (Å²) in [5.74, 6) is -1.85. The molecule has 34 heavy (non-hydrogen) atoms. The van der Waals surface area contributed by atoms with Crippen LogP contribution in [0.15, 0.2) is 91.0 Å². The van der Waals surface area contributed by atoms with E-state index in [4.69, 9.17) is 30.5 Å². The number of carbonyl (C=O) groups excluding carboxylic acids is 3. The van der Waals surface area contributed by atoms with Crippen LogP contribution in [0.1, 0.15) is 31.1 Å². The van der Waals surface area contributed by atoms with Gasteiger partial charge in [0.1, 0.15) is 18.1 Å². The van der Waals surface area contributed by atoms with Crippen molar-refractivity contribution in [2.45, 2.75) is 23.9 Å². The van der Waals surface area contributed by atoms with Crippen LogP contribution < -0.4 is 0 Å². The molecule has 1 aliphatic rings. The predicted octanol–water partition coefficient (Wildman–Crippen LogP) is 4.26. The van der Waals surface area contributed by atoms with E-state index in [2.05, 4.69) is 0 Å². The topological polar surface area (TPSA) is 88.1 Å². The summed E-state index contributed by atoms with van der Waals surface area (Å²) in [5, 5.41) is -1.03. The van der Waals surface area contributed by atoms with E-state index in [9.17, 15) is 14.4 Å². The molecule has 4 rings (SSSR count). The van der Waals surface area contributed by atoms with Crippen LogP contribution in [0.5, 0.6) is 0 Å². The number of ether oxygens (including phenoxy) is 4. The monoisotopic (exact) mass is 480 g/mol. The molecule has 0 aromatic heterocycles. The second-order valence-electron chi connectivity index (χ2n) is 7.46. The van der Waals surface area contributed by atoms with Crippen molar-refractivity contribution in [1.82, 2.24) is 0 Å². The maximum absolute atomic E-state index is 12.6. The Kier molecular flexibility index (Phi) is 7.57. The summed E-state index contributed by atoms with van der Waals surface area (Å²) in [7, 11) is 0. The molecule has 7 nitrogen and oxygen atoms in total. The molecule has 0 bridgehead atoms. The molecule has 1 fully saturated rings. The number of hydrogen-bond donors (Lipinski definition) is 0. The standard InChI is InChI=1S/C26H21ClO7/c27-21-22(33-24(29)18-12-6-2-7-13-18)20(16-31-23(28)17-10-4-1-5-11-17)32-26(21)34-25(30)19-14-8-3-9-15-19/h1-15,20-22,26H,16H2/t20-,21+,22-,26-/m1/s1. The Morgan fingerprint density at radius 1 is 0.676 bits per heavy atom. The van der Waals surface area contributed by atoms with E-state index in [0.29, 0.717) is 16.7 Å². The fourth-order valence-corrected chi connectivity index (χ4v) is 3.71. The largest absolute Gasteiger partial charge is 0.459 e. The fraction of sp³-hybridized carbons (Fsp3) is 0.192. The van der Waals surface area contributed by atoms with Crippen molar-refractivity contribution in [2.75, 3.05) is 6.61 Å². The van der Waals surface area contributed by atoms with Crippen LogP contribution in [-0.2, 0) is 18.9 Å². The number of rotatable bonds is 7. The number of esters is 3. The highest BCUT2D eigenvalue weighted by atomic mass is 35.5. The minimum Gasteiger partial charge on any atom is -0.459 e. The molecule has 1 heterocycles. The summed E-state index contributed by atoms with van der Waals surface area (Å²) in [4.78, 5) is 37.5. The first-order valence-corrected chi connectivity index (χ1v) is 11.0. The van der Waals surface area contributed by atoms with Crippen molar-refractivity contribution in [2.24, 2.45) is 0 Å². The summed E-state index contributed by atoms with van der Waals surface area (Å²) in [5.41, 5.74) is 0.982. The molecule has 0 radical (unpaired) electrons. The minimum atomic E-state index is -1.22. The van der Waals surface area contributed by atoms with Crippen LogP contribution in [0, 0.1) is 0 Å². The summed E-state index contributed by atoms with van der Waals surface area (Å²) < 4.78 is 22.2. The molecule has 1 saturated heterocycles. The number of benzene rings is 3. The highest BCUT2D eigenvalue weighted by Gasteiger charge is 2.49. The first-order chi connectivity index (χ1) is 16.5. The summed E-state index contributed by atoms with van der Waals surface area (Å²) in [6.45, 7) is -0.261. The lowest BCUT2D eigenvalue weighted by Gasteiger charge is -2.20. The van der Waals surface area contributed by atoms with E-state index in [1.807, 2.05) is 0 Å². The Hall–Kier alpha value is -3.68. The van der Waals surface area contributed by atoms with Crippen LogP contribution in [0.3, 0.4) is 0 Å². The lowest BCUT2D eigenvalue weighted by molar-refractivity contribution is -0.117. The zero-order valence-corrected chi connectivity index (χ0v) is 18.7. The molecule has 0 saturated carbocycles. The highest BCUT2D eigenvalue weighted by molar-refractivity contribution is 6.21. The van der Waals surface area contributed by atoms with Gasteiger partial charge in [-0.15, -0.1) is 11.6 Å². The quantitative estimate of drug-likeness (QED) is 0.283. The van der Waals surface area contributed by atoms with Crippen molar-refractivity contribution in [3.63, 3.8) is 0 Å². The molecule has 0 amide bonds. The molecule has 3 aromatic rings. The first-order valence-electron chi connectivity index (χ1n) is 10.6. The van der Waals surface area contributed by atoms with Gasteiger partial charge in [-0.2, -0.15) is 0 Å². The van der Waals surface area contributed by atoms with E-state index >= 15 is 0 Å². The van der Waals surface area contributed by atoms with E-state index in [0.717, 1.165) is 0 Å². The Morgan fingerprint density at radius 3 is 1.62 bits per heavy atom. The Morgan fingerprint density at radius 2 is 1.12 bits per heavy atom. The molecule has 8 heteroatoms. The van der Waals surface area contributed by atoms with Crippen molar-refractivity contribution in [1.29, 1.82) is 0 Å². The third-order valence-electron chi connectivity index (χ3n) is 5.12. The first kappa shape index (κ1) is 23.5. The van der Waals surface area contributed by atoms with E-state index < -0.39 is 41.8 Å². The molecule has 0 spiro atoms. The van der Waals surface area contributed by atoms with Gasteiger partial charge in [0.15, 0.2) is 6.10 Å². The van der Waals surface area contributed by atoms with Crippen molar-refractivity contribution < 1.29 is 33.3 Å². The molecule has 174 valence electrons. The fourth-order valence-electron chi connectivity index (χ4n) is 3.38.